The van der Waals surface area contributed by atoms with E-state index in [-0.39, 0.29) is 0 Å². The molecule has 1 aromatic carbocycles. The van der Waals surface area contributed by atoms with Gasteiger partial charge in [-0.1, -0.05) is 12.1 Å². The fourth-order valence-corrected chi connectivity index (χ4v) is 2.32. The quantitative estimate of drug-likeness (QED) is 0.602. The third-order valence-electron chi connectivity index (χ3n) is 3.36. The van der Waals surface area contributed by atoms with E-state index < -0.39 is 0 Å². The smallest absolute Gasteiger partial charge is 0.182 e. The van der Waals surface area contributed by atoms with Crippen molar-refractivity contribution in [2.75, 3.05) is 5.32 Å². The molecule has 4 aromatic rings. The summed E-state index contributed by atoms with van der Waals surface area (Å²) in [4.78, 5) is 15.5. The van der Waals surface area contributed by atoms with Gasteiger partial charge in [0, 0.05) is 18.9 Å². The summed E-state index contributed by atoms with van der Waals surface area (Å²) in [5, 5.41) is 7.55. The standard InChI is InChI=1S/C15H13N7/c1-3-11(7-12(4-1)22-6-2-5-21-22)8-16-14-13-15(18-9-17-13)20-10-19-14/h1-7,9-10H,8H2,(H2,16,17,18,19,20). The van der Waals surface area contributed by atoms with Crippen LogP contribution < -0.4 is 5.32 Å². The van der Waals surface area contributed by atoms with Crippen molar-refractivity contribution in [1.29, 1.82) is 0 Å². The number of rotatable bonds is 4. The highest BCUT2D eigenvalue weighted by molar-refractivity contribution is 5.81. The maximum atomic E-state index is 4.26. The molecule has 0 aliphatic heterocycles. The molecule has 7 heteroatoms. The second kappa shape index (κ2) is 5.28. The number of nitrogens with one attached hydrogen (secondary N) is 2. The number of aromatic amines is 1. The average molecular weight is 291 g/mol. The van der Waals surface area contributed by atoms with Gasteiger partial charge in [-0.3, -0.25) is 0 Å². The molecule has 0 saturated heterocycles. The number of hydrogen-bond acceptors (Lipinski definition) is 5. The lowest BCUT2D eigenvalue weighted by Crippen LogP contribution is -2.03. The molecular weight excluding hydrogens is 278 g/mol. The minimum atomic E-state index is 0.653. The number of H-pyrrole nitrogens is 1. The van der Waals surface area contributed by atoms with Crippen molar-refractivity contribution in [3.63, 3.8) is 0 Å². The SMILES string of the molecule is c1cc(CNc2ncnc3nc[nH]c23)cc(-n2cccn2)c1. The van der Waals surface area contributed by atoms with Crippen LogP contribution in [-0.2, 0) is 6.54 Å². The minimum Gasteiger partial charge on any atom is -0.364 e. The van der Waals surface area contributed by atoms with Gasteiger partial charge in [-0.05, 0) is 23.8 Å². The van der Waals surface area contributed by atoms with E-state index in [1.54, 1.807) is 12.5 Å². The van der Waals surface area contributed by atoms with Gasteiger partial charge in [-0.15, -0.1) is 0 Å². The van der Waals surface area contributed by atoms with Gasteiger partial charge < -0.3 is 10.3 Å². The monoisotopic (exact) mass is 291 g/mol. The van der Waals surface area contributed by atoms with Gasteiger partial charge in [0.15, 0.2) is 11.5 Å². The zero-order chi connectivity index (χ0) is 14.8. The second-order valence-electron chi connectivity index (χ2n) is 4.80. The normalized spacial score (nSPS) is 10.9. The number of hydrogen-bond donors (Lipinski definition) is 2. The molecule has 0 unspecified atom stereocenters. The lowest BCUT2D eigenvalue weighted by Gasteiger charge is -2.08. The molecule has 7 nitrogen and oxygen atoms in total. The molecule has 4 rings (SSSR count). The molecule has 2 N–H and O–H groups in total. The van der Waals surface area contributed by atoms with Crippen LogP contribution in [0.2, 0.25) is 0 Å². The summed E-state index contributed by atoms with van der Waals surface area (Å²) in [6, 6.07) is 10.1. The molecule has 0 aliphatic rings. The van der Waals surface area contributed by atoms with E-state index in [0.29, 0.717) is 12.2 Å². The van der Waals surface area contributed by atoms with Crippen molar-refractivity contribution in [3.8, 4) is 5.69 Å². The van der Waals surface area contributed by atoms with Gasteiger partial charge in [0.05, 0.1) is 12.0 Å². The van der Waals surface area contributed by atoms with Crippen molar-refractivity contribution in [2.24, 2.45) is 0 Å². The van der Waals surface area contributed by atoms with E-state index in [0.717, 1.165) is 22.6 Å². The van der Waals surface area contributed by atoms with Gasteiger partial charge in [-0.2, -0.15) is 5.10 Å². The van der Waals surface area contributed by atoms with E-state index in [1.165, 1.54) is 6.33 Å². The molecule has 0 radical (unpaired) electrons. The van der Waals surface area contributed by atoms with Crippen LogP contribution in [0.5, 0.6) is 0 Å². The summed E-state index contributed by atoms with van der Waals surface area (Å²) in [7, 11) is 0. The van der Waals surface area contributed by atoms with Crippen molar-refractivity contribution >= 4 is 17.0 Å². The lowest BCUT2D eigenvalue weighted by molar-refractivity contribution is 0.877. The van der Waals surface area contributed by atoms with Crippen molar-refractivity contribution in [1.82, 2.24) is 29.7 Å². The van der Waals surface area contributed by atoms with Crippen molar-refractivity contribution in [3.05, 3.63) is 60.9 Å². The molecule has 0 saturated carbocycles. The Morgan fingerprint density at radius 2 is 2.14 bits per heavy atom. The van der Waals surface area contributed by atoms with Crippen LogP contribution in [0.25, 0.3) is 16.9 Å². The Bertz CT molecular complexity index is 895. The highest BCUT2D eigenvalue weighted by Gasteiger charge is 2.05. The molecular formula is C15H13N7. The van der Waals surface area contributed by atoms with Crippen LogP contribution in [-0.4, -0.2) is 29.7 Å². The third-order valence-corrected chi connectivity index (χ3v) is 3.36. The zero-order valence-corrected chi connectivity index (χ0v) is 11.6. The van der Waals surface area contributed by atoms with Crippen LogP contribution in [0.1, 0.15) is 5.56 Å². The van der Waals surface area contributed by atoms with Crippen molar-refractivity contribution < 1.29 is 0 Å². The number of imidazole rings is 1. The summed E-state index contributed by atoms with van der Waals surface area (Å²) in [5.41, 5.74) is 3.63. The third kappa shape index (κ3) is 2.28. The Hall–Kier alpha value is -3.22. The van der Waals surface area contributed by atoms with E-state index in [1.807, 2.05) is 29.1 Å². The molecule has 0 aliphatic carbocycles. The van der Waals surface area contributed by atoms with E-state index in [2.05, 4.69) is 42.5 Å². The fraction of sp³-hybridized carbons (Fsp3) is 0.0667. The molecule has 0 spiro atoms. The molecule has 0 atom stereocenters. The molecule has 108 valence electrons. The molecule has 0 bridgehead atoms. The van der Waals surface area contributed by atoms with Crippen LogP contribution in [0, 0.1) is 0 Å². The first-order chi connectivity index (χ1) is 10.9. The van der Waals surface area contributed by atoms with Gasteiger partial charge in [-0.25, -0.2) is 19.6 Å². The average Bonchev–Trinajstić information content (AvgIpc) is 3.24. The number of anilines is 1. The Morgan fingerprint density at radius 3 is 3.05 bits per heavy atom. The van der Waals surface area contributed by atoms with Gasteiger partial charge in [0.1, 0.15) is 11.8 Å². The van der Waals surface area contributed by atoms with E-state index in [4.69, 9.17) is 0 Å². The molecule has 22 heavy (non-hydrogen) atoms. The van der Waals surface area contributed by atoms with Crippen LogP contribution in [0.15, 0.2) is 55.4 Å². The second-order valence-corrected chi connectivity index (χ2v) is 4.80. The minimum absolute atomic E-state index is 0.653. The number of fused-ring (bicyclic) bond motifs is 1. The highest BCUT2D eigenvalue weighted by Crippen LogP contribution is 2.16. The summed E-state index contributed by atoms with van der Waals surface area (Å²) in [6.07, 6.45) is 6.81. The Balaban J connectivity index is 1.57. The molecule has 3 aromatic heterocycles. The Kier molecular flexibility index (Phi) is 3.01. The van der Waals surface area contributed by atoms with Gasteiger partial charge in [0.25, 0.3) is 0 Å². The summed E-state index contributed by atoms with van der Waals surface area (Å²) < 4.78 is 1.83. The maximum Gasteiger partial charge on any atom is 0.182 e. The first-order valence-corrected chi connectivity index (χ1v) is 6.87. The Morgan fingerprint density at radius 1 is 1.14 bits per heavy atom. The zero-order valence-electron chi connectivity index (χ0n) is 11.6. The van der Waals surface area contributed by atoms with Crippen LogP contribution in [0.4, 0.5) is 5.82 Å². The summed E-state index contributed by atoms with van der Waals surface area (Å²) in [6.45, 7) is 0.653. The molecule has 0 amide bonds. The van der Waals surface area contributed by atoms with Crippen LogP contribution in [0.3, 0.4) is 0 Å². The first-order valence-electron chi connectivity index (χ1n) is 6.87. The van der Waals surface area contributed by atoms with E-state index >= 15 is 0 Å². The summed E-state index contributed by atoms with van der Waals surface area (Å²) in [5.74, 6) is 0.743. The van der Waals surface area contributed by atoms with E-state index in [9.17, 15) is 0 Å². The van der Waals surface area contributed by atoms with Gasteiger partial charge >= 0.3 is 0 Å². The first kappa shape index (κ1) is 12.5. The number of aromatic nitrogens is 6. The fourth-order valence-electron chi connectivity index (χ4n) is 2.32. The lowest BCUT2D eigenvalue weighted by atomic mass is 10.2. The van der Waals surface area contributed by atoms with Gasteiger partial charge in [0.2, 0.25) is 0 Å². The molecule has 3 heterocycles. The largest absolute Gasteiger partial charge is 0.364 e. The predicted octanol–water partition coefficient (Wildman–Crippen LogP) is 2.15. The highest BCUT2D eigenvalue weighted by atomic mass is 15.3. The summed E-state index contributed by atoms with van der Waals surface area (Å²) >= 11 is 0. The number of nitrogens with zero attached hydrogens (tertiary/aromatic N) is 5. The van der Waals surface area contributed by atoms with Crippen LogP contribution >= 0.6 is 0 Å². The Labute approximate surface area is 126 Å². The maximum absolute atomic E-state index is 4.26. The number of benzene rings is 1. The topological polar surface area (TPSA) is 84.3 Å². The molecule has 0 fully saturated rings. The van der Waals surface area contributed by atoms with Crippen molar-refractivity contribution in [2.45, 2.75) is 6.54 Å². The predicted molar refractivity (Wildman–Crippen MR) is 82.6 cm³/mol.